The van der Waals surface area contributed by atoms with E-state index in [-0.39, 0.29) is 4.90 Å². The Morgan fingerprint density at radius 2 is 1.66 bits per heavy atom. The van der Waals surface area contributed by atoms with Crippen LogP contribution in [0.2, 0.25) is 0 Å². The van der Waals surface area contributed by atoms with Gasteiger partial charge in [0.25, 0.3) is 6.10 Å². The third kappa shape index (κ3) is 4.77. The molecule has 29 heavy (non-hydrogen) atoms. The standard InChI is InChI=1S/C16H16F6N2O4S/c17-15(18,19)13(16(20,21)22)28-14(25)24-7-11(8-24)23-29(26,27)12-5-4-9-2-1-3-10(9)6-12/h4-6,11,13,23H,1-3,7-8H2. The Labute approximate surface area is 161 Å². The number of likely N-dealkylation sites (tertiary alicyclic amines) is 1. The number of aryl methyl sites for hydroxylation is 2. The lowest BCUT2D eigenvalue weighted by Gasteiger charge is -2.39. The molecule has 1 aliphatic carbocycles. The molecular weight excluding hydrogens is 430 g/mol. The fraction of sp³-hybridized carbons (Fsp3) is 0.562. The van der Waals surface area contributed by atoms with Gasteiger partial charge in [-0.3, -0.25) is 0 Å². The number of carbonyl (C=O) groups excluding carboxylic acids is 1. The van der Waals surface area contributed by atoms with Gasteiger partial charge >= 0.3 is 18.4 Å². The number of amides is 1. The molecule has 1 aromatic rings. The molecule has 6 nitrogen and oxygen atoms in total. The maximum Gasteiger partial charge on any atom is 0.434 e. The highest BCUT2D eigenvalue weighted by molar-refractivity contribution is 7.89. The number of nitrogens with one attached hydrogen (secondary N) is 1. The zero-order valence-corrected chi connectivity index (χ0v) is 15.5. The van der Waals surface area contributed by atoms with Crippen LogP contribution in [0.3, 0.4) is 0 Å². The first-order chi connectivity index (χ1) is 13.3. The first kappa shape index (κ1) is 21.7. The van der Waals surface area contributed by atoms with Crippen molar-refractivity contribution in [3.05, 3.63) is 29.3 Å². The Morgan fingerprint density at radius 1 is 1.07 bits per heavy atom. The van der Waals surface area contributed by atoms with Gasteiger partial charge in [0.2, 0.25) is 10.0 Å². The second-order valence-corrected chi connectivity index (χ2v) is 8.57. The van der Waals surface area contributed by atoms with Crippen LogP contribution < -0.4 is 4.72 Å². The van der Waals surface area contributed by atoms with E-state index in [0.29, 0.717) is 4.90 Å². The number of ether oxygens (including phenoxy) is 1. The second kappa shape index (κ2) is 7.35. The van der Waals surface area contributed by atoms with E-state index in [0.717, 1.165) is 30.4 Å². The molecule has 0 bridgehead atoms. The van der Waals surface area contributed by atoms with Gasteiger partial charge in [-0.2, -0.15) is 26.3 Å². The van der Waals surface area contributed by atoms with E-state index in [2.05, 4.69) is 9.46 Å². The van der Waals surface area contributed by atoms with Crippen LogP contribution in [-0.4, -0.2) is 57.0 Å². The van der Waals surface area contributed by atoms with Crippen LogP contribution in [0.1, 0.15) is 17.5 Å². The van der Waals surface area contributed by atoms with Crippen molar-refractivity contribution >= 4 is 16.1 Å². The summed E-state index contributed by atoms with van der Waals surface area (Å²) in [5.74, 6) is 0. The van der Waals surface area contributed by atoms with Gasteiger partial charge in [-0.25, -0.2) is 17.9 Å². The molecule has 1 heterocycles. The summed E-state index contributed by atoms with van der Waals surface area (Å²) < 4.78 is 105. The minimum absolute atomic E-state index is 0.00776. The maximum absolute atomic E-state index is 12.4. The van der Waals surface area contributed by atoms with Gasteiger partial charge < -0.3 is 9.64 Å². The number of benzene rings is 1. The van der Waals surface area contributed by atoms with Crippen molar-refractivity contribution in [3.63, 3.8) is 0 Å². The van der Waals surface area contributed by atoms with Gasteiger partial charge in [-0.15, -0.1) is 0 Å². The molecule has 13 heteroatoms. The zero-order valence-electron chi connectivity index (χ0n) is 14.7. The summed E-state index contributed by atoms with van der Waals surface area (Å²) in [6.45, 7) is -0.823. The minimum Gasteiger partial charge on any atom is -0.426 e. The molecule has 1 fully saturated rings. The van der Waals surface area contributed by atoms with E-state index < -0.39 is 53.7 Å². The lowest BCUT2D eigenvalue weighted by atomic mass is 10.1. The molecule has 0 saturated carbocycles. The monoisotopic (exact) mass is 446 g/mol. The van der Waals surface area contributed by atoms with Gasteiger partial charge in [0.15, 0.2) is 0 Å². The summed E-state index contributed by atoms with van der Waals surface area (Å²) in [5, 5.41) is 0. The fourth-order valence-electron chi connectivity index (χ4n) is 3.20. The van der Waals surface area contributed by atoms with Crippen molar-refractivity contribution in [1.82, 2.24) is 9.62 Å². The van der Waals surface area contributed by atoms with E-state index in [4.69, 9.17) is 0 Å². The Balaban J connectivity index is 1.57. The van der Waals surface area contributed by atoms with E-state index in [1.165, 1.54) is 12.1 Å². The molecule has 1 N–H and O–H groups in total. The molecule has 1 aliphatic heterocycles. The predicted octanol–water partition coefficient (Wildman–Crippen LogP) is 2.77. The van der Waals surface area contributed by atoms with Crippen LogP contribution in [0.4, 0.5) is 31.1 Å². The Hall–Kier alpha value is -2.02. The molecule has 0 spiro atoms. The van der Waals surface area contributed by atoms with Gasteiger partial charge in [0.05, 0.1) is 10.9 Å². The number of halogens is 6. The SMILES string of the molecule is O=C(OC(C(F)(F)F)C(F)(F)F)N1CC(NS(=O)(=O)c2ccc3c(c2)CCC3)C1. The Bertz CT molecular complexity index is 880. The first-order valence-electron chi connectivity index (χ1n) is 8.50. The summed E-state index contributed by atoms with van der Waals surface area (Å²) in [4.78, 5) is 12.1. The molecule has 1 saturated heterocycles. The van der Waals surface area contributed by atoms with Gasteiger partial charge in [-0.1, -0.05) is 6.07 Å². The van der Waals surface area contributed by atoms with Crippen molar-refractivity contribution in [1.29, 1.82) is 0 Å². The maximum atomic E-state index is 12.4. The zero-order chi connectivity index (χ0) is 21.6. The molecule has 3 rings (SSSR count). The number of hydrogen-bond donors (Lipinski definition) is 1. The van der Waals surface area contributed by atoms with Crippen LogP contribution in [0.5, 0.6) is 0 Å². The van der Waals surface area contributed by atoms with Crippen molar-refractivity contribution in [2.75, 3.05) is 13.1 Å². The average molecular weight is 446 g/mol. The van der Waals surface area contributed by atoms with Crippen LogP contribution in [0.25, 0.3) is 0 Å². The summed E-state index contributed by atoms with van der Waals surface area (Å²) >= 11 is 0. The normalized spacial score (nSPS) is 18.0. The molecule has 0 atom stereocenters. The van der Waals surface area contributed by atoms with Crippen molar-refractivity contribution in [2.24, 2.45) is 0 Å². The van der Waals surface area contributed by atoms with Crippen LogP contribution in [-0.2, 0) is 27.6 Å². The molecule has 0 unspecified atom stereocenters. The van der Waals surface area contributed by atoms with Crippen LogP contribution in [0.15, 0.2) is 23.1 Å². The molecule has 0 radical (unpaired) electrons. The van der Waals surface area contributed by atoms with Gasteiger partial charge in [0.1, 0.15) is 0 Å². The number of alkyl halides is 6. The number of rotatable bonds is 4. The van der Waals surface area contributed by atoms with Crippen molar-refractivity contribution in [3.8, 4) is 0 Å². The quantitative estimate of drug-likeness (QED) is 0.722. The molecule has 1 amide bonds. The molecule has 0 aromatic heterocycles. The largest absolute Gasteiger partial charge is 0.434 e. The molecule has 2 aliphatic rings. The molecular formula is C16H16F6N2O4S. The number of hydrogen-bond acceptors (Lipinski definition) is 4. The number of carbonyl (C=O) groups is 1. The number of sulfonamides is 1. The molecule has 162 valence electrons. The minimum atomic E-state index is -5.81. The Kier molecular flexibility index (Phi) is 5.49. The van der Waals surface area contributed by atoms with E-state index in [1.54, 1.807) is 6.07 Å². The summed E-state index contributed by atoms with van der Waals surface area (Å²) in [7, 11) is -3.95. The topological polar surface area (TPSA) is 75.7 Å². The smallest absolute Gasteiger partial charge is 0.426 e. The third-order valence-corrected chi connectivity index (χ3v) is 6.17. The van der Waals surface area contributed by atoms with Gasteiger partial charge in [0, 0.05) is 13.1 Å². The van der Waals surface area contributed by atoms with Crippen LogP contribution in [0, 0.1) is 0 Å². The Morgan fingerprint density at radius 3 is 2.24 bits per heavy atom. The second-order valence-electron chi connectivity index (χ2n) is 6.85. The lowest BCUT2D eigenvalue weighted by molar-refractivity contribution is -0.308. The fourth-order valence-corrected chi connectivity index (χ4v) is 4.47. The van der Waals surface area contributed by atoms with E-state index >= 15 is 0 Å². The summed E-state index contributed by atoms with van der Waals surface area (Å²) in [6.07, 6.45) is -15.2. The van der Waals surface area contributed by atoms with Crippen molar-refractivity contribution < 1.29 is 44.3 Å². The average Bonchev–Trinajstić information content (AvgIpc) is 3.00. The first-order valence-corrected chi connectivity index (χ1v) is 9.99. The van der Waals surface area contributed by atoms with Crippen molar-refractivity contribution in [2.45, 2.75) is 48.7 Å². The predicted molar refractivity (Wildman–Crippen MR) is 86.5 cm³/mol. The summed E-state index contributed by atoms with van der Waals surface area (Å²) in [6, 6.07) is 3.81. The van der Waals surface area contributed by atoms with Crippen LogP contribution >= 0.6 is 0 Å². The lowest BCUT2D eigenvalue weighted by Crippen LogP contribution is -2.62. The molecule has 1 aromatic carbocycles. The third-order valence-electron chi connectivity index (χ3n) is 4.66. The number of nitrogens with zero attached hydrogens (tertiary/aromatic N) is 1. The highest BCUT2D eigenvalue weighted by Gasteiger charge is 2.60. The van der Waals surface area contributed by atoms with Gasteiger partial charge in [-0.05, 0) is 42.5 Å². The number of fused-ring (bicyclic) bond motifs is 1. The highest BCUT2D eigenvalue weighted by Crippen LogP contribution is 2.36. The van der Waals surface area contributed by atoms with E-state index in [1.807, 2.05) is 0 Å². The highest BCUT2D eigenvalue weighted by atomic mass is 32.2. The van der Waals surface area contributed by atoms with E-state index in [9.17, 15) is 39.6 Å². The summed E-state index contributed by atoms with van der Waals surface area (Å²) in [5.41, 5.74) is 1.97.